The molecule has 10 nitrogen and oxygen atoms in total. The molecule has 0 atom stereocenters. The first kappa shape index (κ1) is 32.6. The molecule has 0 saturated heterocycles. The number of para-hydroxylation sites is 1. The third-order valence-corrected chi connectivity index (χ3v) is 7.07. The zero-order chi connectivity index (χ0) is 32.1. The van der Waals surface area contributed by atoms with Crippen LogP contribution in [-0.4, -0.2) is 40.4 Å². The number of rotatable bonds is 11. The monoisotopic (exact) mass is 655 g/mol. The lowest BCUT2D eigenvalue weighted by Gasteiger charge is -2.16. The molecular formula is C27H26F5N7O3S2. The van der Waals surface area contributed by atoms with E-state index in [9.17, 15) is 30.4 Å². The van der Waals surface area contributed by atoms with Gasteiger partial charge in [-0.25, -0.2) is 18.6 Å². The molecule has 0 radical (unpaired) electrons. The molecule has 1 aromatic heterocycles. The number of hydrogen-bond donors (Lipinski definition) is 4. The number of sulfonamides is 1. The van der Waals surface area contributed by atoms with E-state index in [0.717, 1.165) is 45.8 Å². The van der Waals surface area contributed by atoms with Gasteiger partial charge in [0.05, 0.1) is 5.69 Å². The highest BCUT2D eigenvalue weighted by Gasteiger charge is 2.31. The predicted octanol–water partition coefficient (Wildman–Crippen LogP) is 5.91. The maximum atomic E-state index is 13.1. The normalized spacial score (nSPS) is 11.9. The predicted molar refractivity (Wildman–Crippen MR) is 159 cm³/mol. The highest BCUT2D eigenvalue weighted by molar-refractivity contribution is 7.92. The van der Waals surface area contributed by atoms with E-state index in [1.165, 1.54) is 0 Å². The third-order valence-electron chi connectivity index (χ3n) is 5.93. The molecule has 0 unspecified atom stereocenters. The fourth-order valence-electron chi connectivity index (χ4n) is 3.91. The van der Waals surface area contributed by atoms with Crippen LogP contribution in [0.1, 0.15) is 30.9 Å². The van der Waals surface area contributed by atoms with Gasteiger partial charge in [-0.05, 0) is 59.6 Å². The smallest absolute Gasteiger partial charge is 0.406 e. The zero-order valence-electron chi connectivity index (χ0n) is 23.1. The second kappa shape index (κ2) is 13.5. The van der Waals surface area contributed by atoms with Gasteiger partial charge in [-0.3, -0.25) is 5.43 Å². The Morgan fingerprint density at radius 3 is 2.27 bits per heavy atom. The lowest BCUT2D eigenvalue weighted by Crippen LogP contribution is -2.39. The molecule has 234 valence electrons. The minimum atomic E-state index is -5.14. The molecular weight excluding hydrogens is 629 g/mol. The van der Waals surface area contributed by atoms with Crippen LogP contribution in [0, 0.1) is 0 Å². The number of nitrogens with zero attached hydrogens (tertiary/aromatic N) is 3. The second-order valence-electron chi connectivity index (χ2n) is 9.49. The molecule has 0 saturated carbocycles. The second-order valence-corrected chi connectivity index (χ2v) is 11.6. The number of hydrazine groups is 1. The van der Waals surface area contributed by atoms with Crippen molar-refractivity contribution in [1.82, 2.24) is 25.6 Å². The first-order valence-corrected chi connectivity index (χ1v) is 14.8. The molecule has 3 aromatic carbocycles. The molecule has 44 heavy (non-hydrogen) atoms. The lowest BCUT2D eigenvalue weighted by molar-refractivity contribution is -0.274. The molecule has 0 amide bonds. The fourth-order valence-corrected chi connectivity index (χ4v) is 4.57. The van der Waals surface area contributed by atoms with E-state index in [4.69, 9.17) is 12.2 Å². The molecule has 0 spiro atoms. The summed E-state index contributed by atoms with van der Waals surface area (Å²) in [6.07, 6.45) is -4.93. The quantitative estimate of drug-likeness (QED) is 0.0888. The van der Waals surface area contributed by atoms with Gasteiger partial charge in [0.2, 0.25) is 5.95 Å². The summed E-state index contributed by atoms with van der Waals surface area (Å²) in [5.41, 5.74) is 9.15. The molecule has 17 heteroatoms. The molecule has 4 aromatic rings. The summed E-state index contributed by atoms with van der Waals surface area (Å²) < 4.78 is 93.8. The van der Waals surface area contributed by atoms with Crippen molar-refractivity contribution < 1.29 is 35.1 Å². The van der Waals surface area contributed by atoms with Gasteiger partial charge in [0.25, 0.3) is 10.0 Å². The first-order valence-electron chi connectivity index (χ1n) is 12.8. The molecule has 0 aliphatic rings. The van der Waals surface area contributed by atoms with Crippen LogP contribution in [0.15, 0.2) is 72.8 Å². The molecule has 0 bridgehead atoms. The average molecular weight is 656 g/mol. The van der Waals surface area contributed by atoms with E-state index in [-0.39, 0.29) is 11.5 Å². The minimum absolute atomic E-state index is 0.0257. The van der Waals surface area contributed by atoms with Gasteiger partial charge >= 0.3 is 12.1 Å². The van der Waals surface area contributed by atoms with Crippen LogP contribution in [0.25, 0.3) is 17.1 Å². The molecule has 0 aliphatic carbocycles. The Morgan fingerprint density at radius 1 is 1.00 bits per heavy atom. The number of halogens is 5. The number of hydrogen-bond acceptors (Lipinski definition) is 7. The van der Waals surface area contributed by atoms with E-state index in [2.05, 4.69) is 44.8 Å². The van der Waals surface area contributed by atoms with Gasteiger partial charge in [-0.2, -0.15) is 18.4 Å². The van der Waals surface area contributed by atoms with Gasteiger partial charge in [-0.15, -0.1) is 18.3 Å². The summed E-state index contributed by atoms with van der Waals surface area (Å²) >= 11 is 5.36. The lowest BCUT2D eigenvalue weighted by atomic mass is 10.0. The Kier molecular flexibility index (Phi) is 10.0. The van der Waals surface area contributed by atoms with Gasteiger partial charge in [0, 0.05) is 17.8 Å². The van der Waals surface area contributed by atoms with E-state index in [1.807, 2.05) is 24.3 Å². The Morgan fingerprint density at radius 2 is 1.66 bits per heavy atom. The summed E-state index contributed by atoms with van der Waals surface area (Å²) in [6.45, 7) is 4.51. The van der Waals surface area contributed by atoms with Crippen molar-refractivity contribution in [3.63, 3.8) is 0 Å². The Balaban J connectivity index is 1.47. The van der Waals surface area contributed by atoms with Crippen molar-refractivity contribution in [3.8, 4) is 22.8 Å². The minimum Gasteiger partial charge on any atom is -0.406 e. The number of benzene rings is 3. The number of anilines is 2. The van der Waals surface area contributed by atoms with E-state index < -0.39 is 33.8 Å². The summed E-state index contributed by atoms with van der Waals surface area (Å²) in [5, 5.41) is 7.70. The van der Waals surface area contributed by atoms with Gasteiger partial charge in [-0.1, -0.05) is 56.3 Å². The Bertz CT molecular complexity index is 1700. The van der Waals surface area contributed by atoms with Gasteiger partial charge in [0.1, 0.15) is 5.75 Å². The van der Waals surface area contributed by atoms with E-state index in [1.54, 1.807) is 29.0 Å². The van der Waals surface area contributed by atoms with Crippen molar-refractivity contribution in [2.45, 2.75) is 38.4 Å². The SMILES string of the molecule is CC(C)c1ccccc1NC(=S)NNCc1ccc(-c2nc(NS(=O)(=O)C(F)F)n(-c3ccc(OC(F)(F)F)cc3)n2)cc1. The zero-order valence-corrected chi connectivity index (χ0v) is 24.7. The number of aromatic nitrogens is 3. The standard InChI is InChI=1S/C27H26F5N7O3S2/c1-16(2)21-5-3-4-6-22(21)34-26(43)36-33-15-17-7-9-18(10-8-17)23-35-25(38-44(40,41)24(28)29)39(37-23)19-11-13-20(14-12-19)42-27(30,31)32/h3-14,16,24,33H,15H2,1-2H3,(H2,34,36,43)(H,35,37,38). The van der Waals surface area contributed by atoms with Crippen LogP contribution in [-0.2, 0) is 16.6 Å². The van der Waals surface area contributed by atoms with Crippen LogP contribution in [0.4, 0.5) is 33.6 Å². The number of thiocarbonyl (C=S) groups is 1. The molecule has 1 heterocycles. The Labute approximate surface area is 254 Å². The summed E-state index contributed by atoms with van der Waals surface area (Å²) in [4.78, 5) is 4.04. The van der Waals surface area contributed by atoms with Crippen molar-refractivity contribution in [2.24, 2.45) is 0 Å². The maximum absolute atomic E-state index is 13.1. The third kappa shape index (κ3) is 8.61. The van der Waals surface area contributed by atoms with Crippen molar-refractivity contribution in [2.75, 3.05) is 10.0 Å². The number of nitrogens with one attached hydrogen (secondary N) is 4. The average Bonchev–Trinajstić information content (AvgIpc) is 3.36. The largest absolute Gasteiger partial charge is 0.573 e. The summed E-state index contributed by atoms with van der Waals surface area (Å²) in [6, 6.07) is 18.7. The van der Waals surface area contributed by atoms with Gasteiger partial charge < -0.3 is 10.1 Å². The maximum Gasteiger partial charge on any atom is 0.573 e. The number of ether oxygens (including phenoxy) is 1. The molecule has 0 fully saturated rings. The van der Waals surface area contributed by atoms with Crippen LogP contribution in [0.3, 0.4) is 0 Å². The Hall–Kier alpha value is -4.35. The summed E-state index contributed by atoms with van der Waals surface area (Å²) in [7, 11) is -5.14. The molecule has 4 N–H and O–H groups in total. The van der Waals surface area contributed by atoms with Crippen LogP contribution in [0.5, 0.6) is 5.75 Å². The molecule has 4 rings (SSSR count). The highest BCUT2D eigenvalue weighted by Crippen LogP contribution is 2.27. The van der Waals surface area contributed by atoms with Crippen molar-refractivity contribution in [1.29, 1.82) is 0 Å². The van der Waals surface area contributed by atoms with Crippen molar-refractivity contribution >= 4 is 39.0 Å². The first-order chi connectivity index (χ1) is 20.7. The van der Waals surface area contributed by atoms with Crippen LogP contribution >= 0.6 is 12.2 Å². The van der Waals surface area contributed by atoms with E-state index in [0.29, 0.717) is 23.1 Å². The fraction of sp³-hybridized carbons (Fsp3) is 0.222. The van der Waals surface area contributed by atoms with Crippen LogP contribution in [0.2, 0.25) is 0 Å². The summed E-state index contributed by atoms with van der Waals surface area (Å²) in [5.74, 6) is -4.66. The topological polar surface area (TPSA) is 122 Å². The van der Waals surface area contributed by atoms with Crippen LogP contribution < -0.4 is 25.6 Å². The molecule has 0 aliphatic heterocycles. The van der Waals surface area contributed by atoms with Crippen molar-refractivity contribution in [3.05, 3.63) is 83.9 Å². The highest BCUT2D eigenvalue weighted by atomic mass is 32.2. The van der Waals surface area contributed by atoms with E-state index >= 15 is 0 Å². The van der Waals surface area contributed by atoms with Gasteiger partial charge in [0.15, 0.2) is 10.9 Å². The number of alkyl halides is 5.